The normalized spacial score (nSPS) is 17.0. The van der Waals surface area contributed by atoms with Gasteiger partial charge in [0, 0.05) is 48.4 Å². The van der Waals surface area contributed by atoms with Crippen LogP contribution >= 0.6 is 7.37 Å². The first-order valence-electron chi connectivity index (χ1n) is 1.85. The van der Waals surface area contributed by atoms with Crippen LogP contribution in [0, 0.1) is 35.6 Å². The molecule has 0 aliphatic heterocycles. The SMILES string of the molecule is CCP(C)(=O)O.[La]. The molecule has 1 radical (unpaired) electrons. The van der Waals surface area contributed by atoms with E-state index in [0.29, 0.717) is 6.16 Å². The predicted octanol–water partition coefficient (Wildman–Crippen LogP) is 0.906. The summed E-state index contributed by atoms with van der Waals surface area (Å²) in [6.07, 6.45) is 0.382. The Morgan fingerprint density at radius 2 is 1.86 bits per heavy atom. The molecule has 1 unspecified atom stereocenters. The minimum Gasteiger partial charge on any atom is -0.344 e. The summed E-state index contributed by atoms with van der Waals surface area (Å²) in [6, 6.07) is 0. The Morgan fingerprint density at radius 3 is 1.86 bits per heavy atom. The van der Waals surface area contributed by atoms with Gasteiger partial charge in [-0.25, -0.2) is 0 Å². The third-order valence-electron chi connectivity index (χ3n) is 0.587. The maximum absolute atomic E-state index is 10.1. The third-order valence-corrected chi connectivity index (χ3v) is 1.76. The molecule has 0 aliphatic carbocycles. The molecule has 0 aromatic rings. The van der Waals surface area contributed by atoms with Gasteiger partial charge in [0.2, 0.25) is 0 Å². The van der Waals surface area contributed by atoms with Crippen molar-refractivity contribution in [1.29, 1.82) is 0 Å². The van der Waals surface area contributed by atoms with E-state index in [1.165, 1.54) is 6.66 Å². The van der Waals surface area contributed by atoms with E-state index in [1.807, 2.05) is 0 Å². The topological polar surface area (TPSA) is 37.3 Å². The first-order chi connectivity index (χ1) is 2.56. The second-order valence-corrected chi connectivity index (χ2v) is 4.10. The zero-order chi connectivity index (χ0) is 5.21. The molecule has 0 aromatic carbocycles. The van der Waals surface area contributed by atoms with Crippen LogP contribution in [0.5, 0.6) is 0 Å². The van der Waals surface area contributed by atoms with E-state index < -0.39 is 7.37 Å². The zero-order valence-corrected chi connectivity index (χ0v) is 9.11. The van der Waals surface area contributed by atoms with Gasteiger partial charge in [0.05, 0.1) is 0 Å². The standard InChI is InChI=1S/C3H9O2P.La/c1-3-6(2,4)5;/h3H2,1-2H3,(H,4,5);. The van der Waals surface area contributed by atoms with Crippen molar-refractivity contribution >= 4 is 7.37 Å². The molecule has 0 saturated heterocycles. The first kappa shape index (κ1) is 11.2. The largest absolute Gasteiger partial charge is 0.344 e. The molecule has 2 nitrogen and oxygen atoms in total. The quantitative estimate of drug-likeness (QED) is 0.699. The summed E-state index contributed by atoms with van der Waals surface area (Å²) in [5.41, 5.74) is 0. The molecule has 41 valence electrons. The summed E-state index contributed by atoms with van der Waals surface area (Å²) in [5, 5.41) is 0. The van der Waals surface area contributed by atoms with Crippen molar-refractivity contribution in [3.63, 3.8) is 0 Å². The molecule has 0 spiro atoms. The van der Waals surface area contributed by atoms with Crippen molar-refractivity contribution in [3.8, 4) is 0 Å². The van der Waals surface area contributed by atoms with Gasteiger partial charge in [0.25, 0.3) is 0 Å². The fourth-order valence-electron chi connectivity index (χ4n) is 0. The van der Waals surface area contributed by atoms with Crippen molar-refractivity contribution < 1.29 is 45.1 Å². The van der Waals surface area contributed by atoms with E-state index in [4.69, 9.17) is 4.89 Å². The van der Waals surface area contributed by atoms with Crippen LogP contribution in [0.1, 0.15) is 6.92 Å². The number of rotatable bonds is 1. The van der Waals surface area contributed by atoms with Gasteiger partial charge in [-0.2, -0.15) is 0 Å². The molecule has 0 saturated carbocycles. The molecule has 0 aliphatic rings. The average Bonchev–Trinajstić information content (AvgIpc) is 1.35. The van der Waals surface area contributed by atoms with Gasteiger partial charge in [-0.3, -0.25) is 4.57 Å². The Labute approximate surface area is 71.7 Å². The summed E-state index contributed by atoms with van der Waals surface area (Å²) in [6.45, 7) is 3.05. The van der Waals surface area contributed by atoms with E-state index in [0.717, 1.165) is 0 Å². The van der Waals surface area contributed by atoms with E-state index >= 15 is 0 Å². The maximum Gasteiger partial charge on any atom is 0.197 e. The molecule has 7 heavy (non-hydrogen) atoms. The van der Waals surface area contributed by atoms with Crippen LogP contribution in [0.25, 0.3) is 0 Å². The second kappa shape index (κ2) is 4.28. The summed E-state index contributed by atoms with van der Waals surface area (Å²) in [7, 11) is -2.65. The maximum atomic E-state index is 10.1. The van der Waals surface area contributed by atoms with Crippen molar-refractivity contribution in [1.82, 2.24) is 0 Å². The molecule has 4 heteroatoms. The summed E-state index contributed by atoms with van der Waals surface area (Å²) < 4.78 is 10.1. The van der Waals surface area contributed by atoms with Gasteiger partial charge in [-0.1, -0.05) is 6.92 Å². The summed E-state index contributed by atoms with van der Waals surface area (Å²) in [5.74, 6) is 0. The van der Waals surface area contributed by atoms with Gasteiger partial charge >= 0.3 is 0 Å². The molecule has 0 heterocycles. The molecule has 0 bridgehead atoms. The van der Waals surface area contributed by atoms with Crippen molar-refractivity contribution in [3.05, 3.63) is 0 Å². The molecule has 0 aromatic heterocycles. The van der Waals surface area contributed by atoms with Crippen LogP contribution in [0.2, 0.25) is 0 Å². The van der Waals surface area contributed by atoms with Crippen LogP contribution < -0.4 is 0 Å². The van der Waals surface area contributed by atoms with E-state index in [9.17, 15) is 4.57 Å². The van der Waals surface area contributed by atoms with Gasteiger partial charge in [0.15, 0.2) is 7.37 Å². The second-order valence-electron chi connectivity index (χ2n) is 1.37. The molecule has 0 amide bonds. The zero-order valence-electron chi connectivity index (χ0n) is 4.59. The Kier molecular flexibility index (Phi) is 6.86. The molecule has 1 N–H and O–H groups in total. The fourth-order valence-corrected chi connectivity index (χ4v) is 0. The third kappa shape index (κ3) is 11.1. The molecular weight excluding hydrogens is 238 g/mol. The molecular formula is C3H9LaO2P. The van der Waals surface area contributed by atoms with E-state index in [-0.39, 0.29) is 35.6 Å². The monoisotopic (exact) mass is 247 g/mol. The molecule has 1 atom stereocenters. The van der Waals surface area contributed by atoms with Gasteiger partial charge in [0.1, 0.15) is 0 Å². The van der Waals surface area contributed by atoms with Crippen molar-refractivity contribution in [2.75, 3.05) is 12.8 Å². The van der Waals surface area contributed by atoms with E-state index in [2.05, 4.69) is 0 Å². The van der Waals surface area contributed by atoms with Crippen LogP contribution in [0.4, 0.5) is 0 Å². The minimum absolute atomic E-state index is 0. The average molecular weight is 247 g/mol. The Morgan fingerprint density at radius 1 is 1.71 bits per heavy atom. The van der Waals surface area contributed by atoms with Crippen molar-refractivity contribution in [2.45, 2.75) is 6.92 Å². The Balaban J connectivity index is 0. The van der Waals surface area contributed by atoms with Gasteiger partial charge in [-0.05, 0) is 0 Å². The first-order valence-corrected chi connectivity index (χ1v) is 4.15. The fraction of sp³-hybridized carbons (Fsp3) is 1.00. The minimum atomic E-state index is -2.65. The van der Waals surface area contributed by atoms with Crippen molar-refractivity contribution in [2.24, 2.45) is 0 Å². The van der Waals surface area contributed by atoms with Crippen LogP contribution in [-0.2, 0) is 4.57 Å². The Bertz CT molecular complexity index is 77.0. The summed E-state index contributed by atoms with van der Waals surface area (Å²) >= 11 is 0. The predicted molar refractivity (Wildman–Crippen MR) is 26.3 cm³/mol. The number of hydrogen-bond acceptors (Lipinski definition) is 1. The number of hydrogen-bond donors (Lipinski definition) is 1. The van der Waals surface area contributed by atoms with Gasteiger partial charge in [-0.15, -0.1) is 0 Å². The van der Waals surface area contributed by atoms with E-state index in [1.54, 1.807) is 6.92 Å². The molecule has 0 rings (SSSR count). The van der Waals surface area contributed by atoms with Crippen LogP contribution in [0.3, 0.4) is 0 Å². The molecule has 0 fully saturated rings. The van der Waals surface area contributed by atoms with Crippen LogP contribution in [-0.4, -0.2) is 17.7 Å². The van der Waals surface area contributed by atoms with Gasteiger partial charge < -0.3 is 4.89 Å². The smallest absolute Gasteiger partial charge is 0.197 e. The summed E-state index contributed by atoms with van der Waals surface area (Å²) in [4.78, 5) is 8.38. The Hall–Kier alpha value is 1.38. The van der Waals surface area contributed by atoms with Crippen LogP contribution in [0.15, 0.2) is 0 Å².